The highest BCUT2D eigenvalue weighted by atomic mass is 35.5. The van der Waals surface area contributed by atoms with Gasteiger partial charge in [0.2, 0.25) is 11.8 Å². The topological polar surface area (TPSA) is 124 Å². The number of amides is 2. The van der Waals surface area contributed by atoms with Crippen LogP contribution in [0.3, 0.4) is 0 Å². The fourth-order valence-electron chi connectivity index (χ4n) is 2.49. The van der Waals surface area contributed by atoms with Crippen molar-refractivity contribution in [3.05, 3.63) is 61.4 Å². The van der Waals surface area contributed by atoms with Crippen molar-refractivity contribution in [1.82, 2.24) is 15.3 Å². The van der Waals surface area contributed by atoms with E-state index in [0.29, 0.717) is 34.9 Å². The molecule has 0 aliphatic rings. The maximum atomic E-state index is 11.9. The Morgan fingerprint density at radius 3 is 2.41 bits per heavy atom. The van der Waals surface area contributed by atoms with E-state index >= 15 is 0 Å². The summed E-state index contributed by atoms with van der Waals surface area (Å²) in [6.07, 6.45) is 1.10. The average Bonchev–Trinajstić information content (AvgIpc) is 2.60. The van der Waals surface area contributed by atoms with Gasteiger partial charge in [-0.05, 0) is 44.0 Å². The van der Waals surface area contributed by atoms with Crippen LogP contribution in [0.2, 0.25) is 5.02 Å². The number of aryl methyl sites for hydroxylation is 1. The molecule has 0 aliphatic carbocycles. The number of aromatic amines is 2. The maximum absolute atomic E-state index is 11.9. The number of H-pyrrole nitrogens is 2. The van der Waals surface area contributed by atoms with Crippen LogP contribution >= 0.6 is 11.6 Å². The number of hydrogen-bond acceptors (Lipinski definition) is 4. The summed E-state index contributed by atoms with van der Waals surface area (Å²) in [7, 11) is 0. The number of halogens is 1. The number of aromatic nitrogens is 2. The third-order valence-corrected chi connectivity index (χ3v) is 4.14. The molecule has 0 spiro atoms. The lowest BCUT2D eigenvalue weighted by Gasteiger charge is -2.07. The second-order valence-corrected chi connectivity index (χ2v) is 6.46. The Labute approximate surface area is 160 Å². The Kier molecular flexibility index (Phi) is 7.36. The third-order valence-electron chi connectivity index (χ3n) is 3.89. The number of carbonyl (C=O) groups is 2. The van der Waals surface area contributed by atoms with Crippen LogP contribution in [-0.2, 0) is 16.0 Å². The molecule has 144 valence electrons. The summed E-state index contributed by atoms with van der Waals surface area (Å²) in [5, 5.41) is 6.05. The molecule has 2 amide bonds. The monoisotopic (exact) mass is 392 g/mol. The van der Waals surface area contributed by atoms with Gasteiger partial charge in [-0.3, -0.25) is 19.4 Å². The lowest BCUT2D eigenvalue weighted by Crippen LogP contribution is -2.29. The molecular formula is C18H21ClN4O4. The number of hydrogen-bond donors (Lipinski definition) is 4. The average molecular weight is 393 g/mol. The number of nitrogens with one attached hydrogen (secondary N) is 4. The lowest BCUT2D eigenvalue weighted by atomic mass is 10.1. The zero-order chi connectivity index (χ0) is 19.8. The molecule has 0 fully saturated rings. The van der Waals surface area contributed by atoms with Crippen molar-refractivity contribution in [3.63, 3.8) is 0 Å². The minimum absolute atomic E-state index is 0.118. The van der Waals surface area contributed by atoms with Crippen molar-refractivity contribution in [3.8, 4) is 0 Å². The van der Waals surface area contributed by atoms with Crippen molar-refractivity contribution >= 4 is 29.1 Å². The molecule has 1 aromatic heterocycles. The molecule has 8 nitrogen and oxygen atoms in total. The largest absolute Gasteiger partial charge is 0.356 e. The maximum Gasteiger partial charge on any atom is 0.325 e. The first-order valence-corrected chi connectivity index (χ1v) is 8.87. The zero-order valence-electron chi connectivity index (χ0n) is 14.9. The van der Waals surface area contributed by atoms with E-state index in [-0.39, 0.29) is 31.1 Å². The van der Waals surface area contributed by atoms with Crippen molar-refractivity contribution in [1.29, 1.82) is 0 Å². The summed E-state index contributed by atoms with van der Waals surface area (Å²) < 4.78 is 0. The fourth-order valence-corrected chi connectivity index (χ4v) is 2.61. The van der Waals surface area contributed by atoms with Crippen LogP contribution in [-0.4, -0.2) is 28.3 Å². The van der Waals surface area contributed by atoms with E-state index in [9.17, 15) is 19.2 Å². The molecule has 0 atom stereocenters. The predicted octanol–water partition coefficient (Wildman–Crippen LogP) is 1.49. The summed E-state index contributed by atoms with van der Waals surface area (Å²) in [5.74, 6) is -0.375. The Balaban J connectivity index is 1.67. The van der Waals surface area contributed by atoms with Crippen LogP contribution in [0, 0.1) is 6.92 Å². The van der Waals surface area contributed by atoms with Gasteiger partial charge in [0, 0.05) is 41.4 Å². The van der Waals surface area contributed by atoms with Crippen LogP contribution in [0.15, 0.2) is 33.9 Å². The molecule has 9 heteroatoms. The normalized spacial score (nSPS) is 10.4. The van der Waals surface area contributed by atoms with Crippen molar-refractivity contribution in [2.45, 2.75) is 32.6 Å². The Morgan fingerprint density at radius 1 is 1.04 bits per heavy atom. The highest BCUT2D eigenvalue weighted by molar-refractivity contribution is 6.30. The molecule has 0 radical (unpaired) electrons. The van der Waals surface area contributed by atoms with Gasteiger partial charge in [0.05, 0.1) is 0 Å². The van der Waals surface area contributed by atoms with Gasteiger partial charge in [-0.1, -0.05) is 11.6 Å². The van der Waals surface area contributed by atoms with Gasteiger partial charge in [-0.15, -0.1) is 0 Å². The fraction of sp³-hybridized carbons (Fsp3) is 0.333. The van der Waals surface area contributed by atoms with Gasteiger partial charge < -0.3 is 15.6 Å². The Morgan fingerprint density at radius 2 is 1.74 bits per heavy atom. The van der Waals surface area contributed by atoms with Crippen molar-refractivity contribution < 1.29 is 9.59 Å². The van der Waals surface area contributed by atoms with Gasteiger partial charge in [0.1, 0.15) is 0 Å². The highest BCUT2D eigenvalue weighted by Gasteiger charge is 2.09. The van der Waals surface area contributed by atoms with E-state index in [4.69, 9.17) is 11.6 Å². The lowest BCUT2D eigenvalue weighted by molar-refractivity contribution is -0.121. The van der Waals surface area contributed by atoms with E-state index < -0.39 is 11.2 Å². The molecule has 27 heavy (non-hydrogen) atoms. The number of anilines is 1. The predicted molar refractivity (Wildman–Crippen MR) is 103 cm³/mol. The number of carbonyl (C=O) groups excluding carboxylic acids is 2. The number of benzene rings is 1. The van der Waals surface area contributed by atoms with Gasteiger partial charge in [-0.2, -0.15) is 0 Å². The van der Waals surface area contributed by atoms with Crippen molar-refractivity contribution in [2.24, 2.45) is 0 Å². The minimum Gasteiger partial charge on any atom is -0.356 e. The van der Waals surface area contributed by atoms with E-state index in [1.807, 2.05) is 0 Å². The molecule has 4 N–H and O–H groups in total. The van der Waals surface area contributed by atoms with E-state index in [1.165, 1.54) is 0 Å². The molecular weight excluding hydrogens is 372 g/mol. The Bertz CT molecular complexity index is 918. The van der Waals surface area contributed by atoms with E-state index in [2.05, 4.69) is 20.6 Å². The van der Waals surface area contributed by atoms with Crippen molar-refractivity contribution in [2.75, 3.05) is 11.9 Å². The third kappa shape index (κ3) is 6.74. The summed E-state index contributed by atoms with van der Waals surface area (Å²) >= 11 is 5.78. The zero-order valence-corrected chi connectivity index (χ0v) is 15.6. The molecule has 1 aromatic carbocycles. The first-order chi connectivity index (χ1) is 12.8. The molecule has 2 rings (SSSR count). The van der Waals surface area contributed by atoms with Gasteiger partial charge >= 0.3 is 5.69 Å². The number of rotatable bonds is 8. The smallest absolute Gasteiger partial charge is 0.325 e. The van der Waals surface area contributed by atoms with Gasteiger partial charge in [0.25, 0.3) is 5.56 Å². The van der Waals surface area contributed by atoms with Crippen LogP contribution < -0.4 is 21.9 Å². The quantitative estimate of drug-likeness (QED) is 0.508. The Hall–Kier alpha value is -2.87. The highest BCUT2D eigenvalue weighted by Crippen LogP contribution is 2.13. The van der Waals surface area contributed by atoms with Gasteiger partial charge in [-0.25, -0.2) is 4.79 Å². The summed E-state index contributed by atoms with van der Waals surface area (Å²) in [6, 6.07) is 6.80. The minimum atomic E-state index is -0.567. The van der Waals surface area contributed by atoms with Crippen LogP contribution in [0.4, 0.5) is 5.69 Å². The van der Waals surface area contributed by atoms with Crippen LogP contribution in [0.25, 0.3) is 0 Å². The van der Waals surface area contributed by atoms with Crippen LogP contribution in [0.5, 0.6) is 0 Å². The molecule has 0 saturated carbocycles. The van der Waals surface area contributed by atoms with Gasteiger partial charge in [0.15, 0.2) is 0 Å². The molecule has 0 saturated heterocycles. The molecule has 0 bridgehead atoms. The summed E-state index contributed by atoms with van der Waals surface area (Å²) in [6.45, 7) is 1.97. The second kappa shape index (κ2) is 9.72. The first-order valence-electron chi connectivity index (χ1n) is 8.49. The van der Waals surface area contributed by atoms with E-state index in [0.717, 1.165) is 0 Å². The second-order valence-electron chi connectivity index (χ2n) is 6.02. The summed E-state index contributed by atoms with van der Waals surface area (Å²) in [4.78, 5) is 51.2. The molecule has 0 unspecified atom stereocenters. The molecule has 1 heterocycles. The SMILES string of the molecule is Cc1[nH]c(=O)[nH]c(=O)c1CCC(=O)NCCCC(=O)Nc1ccc(Cl)cc1. The van der Waals surface area contributed by atoms with E-state index in [1.54, 1.807) is 31.2 Å². The molecule has 2 aromatic rings. The first kappa shape index (κ1) is 20.4. The van der Waals surface area contributed by atoms with Crippen LogP contribution in [0.1, 0.15) is 30.5 Å². The standard InChI is InChI=1S/C18H21ClN4O4/c1-11-14(17(26)23-18(27)21-11)8-9-15(24)20-10-2-3-16(25)22-13-6-4-12(19)5-7-13/h4-7H,2-3,8-10H2,1H3,(H,20,24)(H,22,25)(H2,21,23,26,27). The molecule has 0 aliphatic heterocycles. The summed E-state index contributed by atoms with van der Waals surface area (Å²) in [5.41, 5.74) is 0.447.